The lowest BCUT2D eigenvalue weighted by Gasteiger charge is -2.33. The van der Waals surface area contributed by atoms with Gasteiger partial charge in [0.15, 0.2) is 17.7 Å². The topological polar surface area (TPSA) is 30.9 Å². The largest absolute Gasteiger partial charge is 0.493 e. The van der Waals surface area contributed by atoms with E-state index in [2.05, 4.69) is 77.7 Å². The molecule has 5 heteroatoms. The SMILES string of the molecule is COc1cc2c(cc1OC)C1OSC(=C(c3ccccc3)c3ccccc3)N1CC2. The zero-order chi connectivity index (χ0) is 20.5. The van der Waals surface area contributed by atoms with Crippen LogP contribution in [0.25, 0.3) is 5.57 Å². The van der Waals surface area contributed by atoms with Crippen LogP contribution in [-0.2, 0) is 10.6 Å². The maximum absolute atomic E-state index is 6.28. The van der Waals surface area contributed by atoms with Gasteiger partial charge >= 0.3 is 0 Å². The molecule has 0 N–H and O–H groups in total. The summed E-state index contributed by atoms with van der Waals surface area (Å²) in [4.78, 5) is 2.37. The van der Waals surface area contributed by atoms with Crippen molar-refractivity contribution in [1.82, 2.24) is 4.90 Å². The van der Waals surface area contributed by atoms with Crippen LogP contribution in [0.1, 0.15) is 28.5 Å². The first-order valence-corrected chi connectivity index (χ1v) is 10.7. The van der Waals surface area contributed by atoms with Crippen molar-refractivity contribution in [2.75, 3.05) is 20.8 Å². The van der Waals surface area contributed by atoms with Crippen molar-refractivity contribution in [1.29, 1.82) is 0 Å². The summed E-state index contributed by atoms with van der Waals surface area (Å²) in [5.74, 6) is 1.50. The average molecular weight is 418 g/mol. The van der Waals surface area contributed by atoms with Crippen LogP contribution in [0.4, 0.5) is 0 Å². The molecule has 1 fully saturated rings. The summed E-state index contributed by atoms with van der Waals surface area (Å²) < 4.78 is 17.3. The zero-order valence-electron chi connectivity index (χ0n) is 17.0. The quantitative estimate of drug-likeness (QED) is 0.512. The van der Waals surface area contributed by atoms with Crippen LogP contribution >= 0.6 is 12.0 Å². The Labute approximate surface area is 181 Å². The number of nitrogens with zero attached hydrogens (tertiary/aromatic N) is 1. The third kappa shape index (κ3) is 3.24. The fourth-order valence-corrected chi connectivity index (χ4v) is 5.16. The van der Waals surface area contributed by atoms with Crippen molar-refractivity contribution in [2.45, 2.75) is 12.6 Å². The van der Waals surface area contributed by atoms with Crippen LogP contribution in [-0.4, -0.2) is 25.7 Å². The van der Waals surface area contributed by atoms with Gasteiger partial charge in [-0.25, -0.2) is 0 Å². The molecule has 0 amide bonds. The van der Waals surface area contributed by atoms with Gasteiger partial charge in [-0.2, -0.15) is 0 Å². The number of fused-ring (bicyclic) bond motifs is 3. The van der Waals surface area contributed by atoms with Gasteiger partial charge < -0.3 is 14.4 Å². The second kappa shape index (κ2) is 8.09. The number of hydrogen-bond donors (Lipinski definition) is 0. The lowest BCUT2D eigenvalue weighted by molar-refractivity contribution is 0.0947. The van der Waals surface area contributed by atoms with Gasteiger partial charge in [0.2, 0.25) is 0 Å². The van der Waals surface area contributed by atoms with Crippen LogP contribution in [0.15, 0.2) is 77.8 Å². The monoisotopic (exact) mass is 417 g/mol. The van der Waals surface area contributed by atoms with Crippen LogP contribution in [0.2, 0.25) is 0 Å². The lowest BCUT2D eigenvalue weighted by atomic mass is 9.95. The minimum atomic E-state index is -0.143. The van der Waals surface area contributed by atoms with Gasteiger partial charge in [0.25, 0.3) is 0 Å². The molecule has 2 heterocycles. The normalized spacial score (nSPS) is 17.3. The average Bonchev–Trinajstić information content (AvgIpc) is 3.24. The predicted molar refractivity (Wildman–Crippen MR) is 120 cm³/mol. The summed E-state index contributed by atoms with van der Waals surface area (Å²) in [6.45, 7) is 0.888. The van der Waals surface area contributed by atoms with E-state index in [1.807, 2.05) is 0 Å². The number of hydrogen-bond acceptors (Lipinski definition) is 5. The van der Waals surface area contributed by atoms with Crippen LogP contribution in [0, 0.1) is 0 Å². The van der Waals surface area contributed by atoms with E-state index < -0.39 is 0 Å². The second-order valence-electron chi connectivity index (χ2n) is 7.29. The molecule has 30 heavy (non-hydrogen) atoms. The van der Waals surface area contributed by atoms with Crippen molar-refractivity contribution >= 4 is 17.6 Å². The van der Waals surface area contributed by atoms with Crippen molar-refractivity contribution in [3.8, 4) is 11.5 Å². The molecule has 2 aliphatic heterocycles. The number of ether oxygens (including phenoxy) is 2. The summed E-state index contributed by atoms with van der Waals surface area (Å²) in [5, 5.41) is 1.15. The summed E-state index contributed by atoms with van der Waals surface area (Å²) in [7, 11) is 3.34. The van der Waals surface area contributed by atoms with Crippen LogP contribution in [0.5, 0.6) is 11.5 Å². The van der Waals surface area contributed by atoms with Crippen LogP contribution in [0.3, 0.4) is 0 Å². The van der Waals surface area contributed by atoms with Crippen molar-refractivity contribution in [3.05, 3.63) is 100 Å². The zero-order valence-corrected chi connectivity index (χ0v) is 17.8. The Balaban J connectivity index is 1.63. The Morgan fingerprint density at radius 2 is 1.50 bits per heavy atom. The maximum Gasteiger partial charge on any atom is 0.171 e. The minimum Gasteiger partial charge on any atom is -0.493 e. The van der Waals surface area contributed by atoms with Crippen molar-refractivity contribution in [2.24, 2.45) is 0 Å². The highest BCUT2D eigenvalue weighted by molar-refractivity contribution is 7.98. The predicted octanol–water partition coefficient (Wildman–Crippen LogP) is 5.66. The Morgan fingerprint density at radius 3 is 2.10 bits per heavy atom. The Hall–Kier alpha value is -2.89. The second-order valence-corrected chi connectivity index (χ2v) is 8.04. The van der Waals surface area contributed by atoms with E-state index in [0.29, 0.717) is 0 Å². The molecular weight excluding hydrogens is 394 g/mol. The van der Waals surface area contributed by atoms with E-state index in [-0.39, 0.29) is 6.23 Å². The maximum atomic E-state index is 6.28. The molecule has 0 saturated carbocycles. The smallest absolute Gasteiger partial charge is 0.171 e. The molecule has 0 radical (unpaired) electrons. The number of methoxy groups -OCH3 is 2. The van der Waals surface area contributed by atoms with Crippen LogP contribution < -0.4 is 9.47 Å². The molecule has 0 spiro atoms. The van der Waals surface area contributed by atoms with Gasteiger partial charge in [-0.1, -0.05) is 60.7 Å². The van der Waals surface area contributed by atoms with E-state index in [4.69, 9.17) is 13.7 Å². The Kier molecular flexibility index (Phi) is 5.15. The molecule has 0 aliphatic carbocycles. The van der Waals surface area contributed by atoms with Crippen molar-refractivity contribution < 1.29 is 13.7 Å². The highest BCUT2D eigenvalue weighted by Crippen LogP contribution is 2.51. The molecule has 0 aromatic heterocycles. The van der Waals surface area contributed by atoms with E-state index in [9.17, 15) is 0 Å². The molecule has 3 aromatic rings. The fraction of sp³-hybridized carbons (Fsp3) is 0.200. The molecule has 3 aromatic carbocycles. The summed E-state index contributed by atoms with van der Waals surface area (Å²) in [6, 6.07) is 25.2. The molecule has 0 bridgehead atoms. The minimum absolute atomic E-state index is 0.143. The first kappa shape index (κ1) is 19.1. The molecule has 4 nitrogen and oxygen atoms in total. The van der Waals surface area contributed by atoms with E-state index in [0.717, 1.165) is 35.1 Å². The molecule has 1 saturated heterocycles. The van der Waals surface area contributed by atoms with E-state index in [1.165, 1.54) is 34.3 Å². The molecular formula is C25H23NO3S. The van der Waals surface area contributed by atoms with Gasteiger partial charge in [-0.05, 0) is 35.2 Å². The first-order valence-electron chi connectivity index (χ1n) is 10.00. The molecule has 5 rings (SSSR count). The Morgan fingerprint density at radius 1 is 0.900 bits per heavy atom. The third-order valence-corrected chi connectivity index (χ3v) is 6.51. The molecule has 1 unspecified atom stereocenters. The van der Waals surface area contributed by atoms with Gasteiger partial charge in [0.1, 0.15) is 5.03 Å². The number of benzene rings is 3. The molecule has 152 valence electrons. The first-order chi connectivity index (χ1) is 14.8. The van der Waals surface area contributed by atoms with E-state index >= 15 is 0 Å². The summed E-state index contributed by atoms with van der Waals surface area (Å²) >= 11 is 1.47. The highest BCUT2D eigenvalue weighted by Gasteiger charge is 2.39. The van der Waals surface area contributed by atoms with Crippen molar-refractivity contribution in [3.63, 3.8) is 0 Å². The van der Waals surface area contributed by atoms with Gasteiger partial charge in [-0.15, -0.1) is 0 Å². The van der Waals surface area contributed by atoms with Gasteiger partial charge in [0, 0.05) is 29.7 Å². The summed E-state index contributed by atoms with van der Waals surface area (Å²) in [5.41, 5.74) is 5.97. The summed E-state index contributed by atoms with van der Waals surface area (Å²) in [6.07, 6.45) is 0.784. The van der Waals surface area contributed by atoms with E-state index in [1.54, 1.807) is 14.2 Å². The molecule has 2 aliphatic rings. The highest BCUT2D eigenvalue weighted by atomic mass is 32.2. The molecule has 1 atom stereocenters. The van der Waals surface area contributed by atoms with Gasteiger partial charge in [0.05, 0.1) is 14.2 Å². The Bertz CT molecular complexity index is 1040. The fourth-order valence-electron chi connectivity index (χ4n) is 4.17. The lowest BCUT2D eigenvalue weighted by Crippen LogP contribution is -2.31. The van der Waals surface area contributed by atoms with Gasteiger partial charge in [-0.3, -0.25) is 4.18 Å². The number of rotatable bonds is 4. The standard InChI is InChI=1S/C25H23NO3S/c1-27-21-15-19-13-14-26-24(20(19)16-22(21)28-2)29-30-25(26)23(17-9-5-3-6-10-17)18-11-7-4-8-12-18/h3-12,15-16,24H,13-14H2,1-2H3. The third-order valence-electron chi connectivity index (χ3n) is 5.63.